The smallest absolute Gasteiger partial charge is 0.224 e. The van der Waals surface area contributed by atoms with Crippen molar-refractivity contribution in [2.75, 3.05) is 17.7 Å². The maximum atomic E-state index is 13.9. The first-order chi connectivity index (χ1) is 15.1. The molecule has 12 heteroatoms. The molecule has 4 heterocycles. The van der Waals surface area contributed by atoms with Gasteiger partial charge in [-0.1, -0.05) is 5.16 Å². The van der Waals surface area contributed by atoms with Crippen molar-refractivity contribution < 1.29 is 13.7 Å². The quantitative estimate of drug-likeness (QED) is 0.343. The van der Waals surface area contributed by atoms with Crippen LogP contribution in [0.15, 0.2) is 41.2 Å². The largest absolute Gasteiger partial charge is 0.481 e. The molecule has 0 amide bonds. The summed E-state index contributed by atoms with van der Waals surface area (Å²) in [7, 11) is 1.50. The van der Waals surface area contributed by atoms with E-state index in [2.05, 4.69) is 40.9 Å². The van der Waals surface area contributed by atoms with Gasteiger partial charge >= 0.3 is 0 Å². The van der Waals surface area contributed by atoms with E-state index in [-0.39, 0.29) is 18.2 Å². The number of rotatable bonds is 9. The molecule has 0 aliphatic rings. The van der Waals surface area contributed by atoms with Crippen LogP contribution in [-0.4, -0.2) is 37.4 Å². The minimum absolute atomic E-state index is 0. The molecular formula is C20H22ClFN8O2. The number of anilines is 3. The molecule has 0 fully saturated rings. The van der Waals surface area contributed by atoms with E-state index in [9.17, 15) is 4.39 Å². The van der Waals surface area contributed by atoms with Crippen LogP contribution in [0.5, 0.6) is 5.88 Å². The first kappa shape index (κ1) is 22.9. The number of nitrogens with zero attached hydrogens (tertiary/aromatic N) is 5. The summed E-state index contributed by atoms with van der Waals surface area (Å²) in [6.07, 6.45) is 3.86. The predicted octanol–water partition coefficient (Wildman–Crippen LogP) is 3.60. The number of H-pyrrole nitrogens is 1. The first-order valence-electron chi connectivity index (χ1n) is 9.58. The van der Waals surface area contributed by atoms with Crippen molar-refractivity contribution in [1.29, 1.82) is 0 Å². The number of hydrogen-bond acceptors (Lipinski definition) is 9. The van der Waals surface area contributed by atoms with Crippen LogP contribution in [-0.2, 0) is 19.4 Å². The van der Waals surface area contributed by atoms with E-state index in [1.807, 2.05) is 19.1 Å². The van der Waals surface area contributed by atoms with E-state index in [1.54, 1.807) is 18.3 Å². The Bertz CT molecular complexity index is 1170. The second kappa shape index (κ2) is 10.5. The van der Waals surface area contributed by atoms with Crippen molar-refractivity contribution in [3.05, 3.63) is 65.2 Å². The lowest BCUT2D eigenvalue weighted by molar-refractivity contribution is 0.384. The van der Waals surface area contributed by atoms with Crippen LogP contribution in [0.2, 0.25) is 0 Å². The molecule has 168 valence electrons. The number of nitrogens with one attached hydrogen (secondary N) is 3. The van der Waals surface area contributed by atoms with Crippen LogP contribution in [0.3, 0.4) is 0 Å². The molecule has 10 nitrogen and oxygen atoms in total. The van der Waals surface area contributed by atoms with E-state index in [4.69, 9.17) is 9.26 Å². The predicted molar refractivity (Wildman–Crippen MR) is 118 cm³/mol. The Morgan fingerprint density at radius 1 is 1.16 bits per heavy atom. The van der Waals surface area contributed by atoms with Gasteiger partial charge in [-0.15, -0.1) is 12.4 Å². The topological polar surface area (TPSA) is 127 Å². The Morgan fingerprint density at radius 3 is 2.81 bits per heavy atom. The van der Waals surface area contributed by atoms with E-state index >= 15 is 0 Å². The van der Waals surface area contributed by atoms with Gasteiger partial charge in [-0.25, -0.2) is 14.4 Å². The molecule has 0 radical (unpaired) electrons. The summed E-state index contributed by atoms with van der Waals surface area (Å²) in [5, 5.41) is 17.2. The fourth-order valence-electron chi connectivity index (χ4n) is 2.90. The summed E-state index contributed by atoms with van der Waals surface area (Å²) in [5.41, 5.74) is 2.20. The third kappa shape index (κ3) is 5.91. The second-order valence-corrected chi connectivity index (χ2v) is 6.78. The van der Waals surface area contributed by atoms with Crippen molar-refractivity contribution in [2.45, 2.75) is 26.3 Å². The van der Waals surface area contributed by atoms with Gasteiger partial charge in [0.15, 0.2) is 11.6 Å². The van der Waals surface area contributed by atoms with Crippen molar-refractivity contribution >= 4 is 30.0 Å². The van der Waals surface area contributed by atoms with Gasteiger partial charge in [-0.3, -0.25) is 5.10 Å². The summed E-state index contributed by atoms with van der Waals surface area (Å²) in [6, 6.07) is 7.02. The van der Waals surface area contributed by atoms with Gasteiger partial charge in [-0.2, -0.15) is 10.1 Å². The lowest BCUT2D eigenvalue weighted by Gasteiger charge is -2.05. The average molecular weight is 461 g/mol. The average Bonchev–Trinajstić information content (AvgIpc) is 3.40. The molecule has 0 bridgehead atoms. The summed E-state index contributed by atoms with van der Waals surface area (Å²) < 4.78 is 24.1. The lowest BCUT2D eigenvalue weighted by atomic mass is 10.1. The van der Waals surface area contributed by atoms with Crippen LogP contribution in [0.25, 0.3) is 0 Å². The molecule has 0 saturated heterocycles. The number of ether oxygens (including phenoxy) is 1. The van der Waals surface area contributed by atoms with Gasteiger partial charge in [0, 0.05) is 30.1 Å². The van der Waals surface area contributed by atoms with E-state index in [1.165, 1.54) is 13.3 Å². The summed E-state index contributed by atoms with van der Waals surface area (Å²) >= 11 is 0. The highest BCUT2D eigenvalue weighted by molar-refractivity contribution is 5.85. The molecule has 0 atom stereocenters. The number of aromatic amines is 1. The van der Waals surface area contributed by atoms with Gasteiger partial charge < -0.3 is 19.9 Å². The van der Waals surface area contributed by atoms with Gasteiger partial charge in [0.1, 0.15) is 11.6 Å². The molecule has 4 rings (SSSR count). The number of aromatic nitrogens is 6. The molecule has 0 aliphatic carbocycles. The molecular weight excluding hydrogens is 439 g/mol. The molecule has 0 saturated carbocycles. The van der Waals surface area contributed by atoms with Gasteiger partial charge in [0.05, 0.1) is 25.5 Å². The zero-order chi connectivity index (χ0) is 21.6. The normalized spacial score (nSPS) is 10.5. The maximum absolute atomic E-state index is 13.9. The number of halogens is 2. The summed E-state index contributed by atoms with van der Waals surface area (Å²) in [5.74, 6) is 2.33. The van der Waals surface area contributed by atoms with Crippen LogP contribution in [0, 0.1) is 12.7 Å². The molecule has 0 aromatic carbocycles. The van der Waals surface area contributed by atoms with Crippen molar-refractivity contribution in [3.8, 4) is 5.88 Å². The molecule has 3 N–H and O–H groups in total. The zero-order valence-corrected chi connectivity index (χ0v) is 18.2. The van der Waals surface area contributed by atoms with Crippen LogP contribution in [0.4, 0.5) is 22.0 Å². The third-order valence-corrected chi connectivity index (χ3v) is 4.42. The zero-order valence-electron chi connectivity index (χ0n) is 17.4. The number of methoxy groups -OCH3 is 1. The lowest BCUT2D eigenvalue weighted by Crippen LogP contribution is -2.04. The Hall–Kier alpha value is -3.73. The molecule has 0 aliphatic heterocycles. The minimum Gasteiger partial charge on any atom is -0.481 e. The Morgan fingerprint density at radius 2 is 2.03 bits per heavy atom. The molecule has 32 heavy (non-hydrogen) atoms. The van der Waals surface area contributed by atoms with Gasteiger partial charge in [0.2, 0.25) is 11.8 Å². The number of hydrogen-bond donors (Lipinski definition) is 3. The summed E-state index contributed by atoms with van der Waals surface area (Å²) in [4.78, 5) is 12.4. The fourth-order valence-corrected chi connectivity index (χ4v) is 2.90. The monoisotopic (exact) mass is 460 g/mol. The van der Waals surface area contributed by atoms with Gasteiger partial charge in [-0.05, 0) is 31.4 Å². The summed E-state index contributed by atoms with van der Waals surface area (Å²) in [6.45, 7) is 2.28. The van der Waals surface area contributed by atoms with E-state index in [0.717, 1.165) is 11.4 Å². The van der Waals surface area contributed by atoms with Crippen molar-refractivity contribution in [3.63, 3.8) is 0 Å². The highest BCUT2D eigenvalue weighted by Gasteiger charge is 2.09. The van der Waals surface area contributed by atoms with Crippen molar-refractivity contribution in [1.82, 2.24) is 30.3 Å². The minimum atomic E-state index is -0.361. The number of pyridine rings is 1. The maximum Gasteiger partial charge on any atom is 0.224 e. The van der Waals surface area contributed by atoms with Crippen LogP contribution < -0.4 is 15.4 Å². The fraction of sp³-hybridized carbons (Fsp3) is 0.250. The molecule has 4 aromatic rings. The molecule has 0 spiro atoms. The van der Waals surface area contributed by atoms with Crippen LogP contribution >= 0.6 is 12.4 Å². The molecule has 4 aromatic heterocycles. The SMILES string of the molecule is COc1cc(CCc2cc(Nc3ccnc(NCc4cc(C)no4)n3)n[nH]2)c(F)cn1.Cl. The Kier molecular flexibility index (Phi) is 7.55. The highest BCUT2D eigenvalue weighted by Crippen LogP contribution is 2.18. The second-order valence-electron chi connectivity index (χ2n) is 6.78. The molecule has 0 unspecified atom stereocenters. The standard InChI is InChI=1S/C20H21FN8O2.ClH/c1-12-7-15(31-29-12)10-24-20-22-6-5-17(26-20)25-18-9-14(27-28-18)4-3-13-8-19(30-2)23-11-16(13)21;/h5-9,11H,3-4,10H2,1-2H3,(H3,22,24,25,26,27,28);1H. The van der Waals surface area contributed by atoms with E-state index in [0.29, 0.717) is 54.2 Å². The number of aryl methyl sites for hydroxylation is 3. The first-order valence-corrected chi connectivity index (χ1v) is 9.58. The van der Waals surface area contributed by atoms with Gasteiger partial charge in [0.25, 0.3) is 0 Å². The highest BCUT2D eigenvalue weighted by atomic mass is 35.5. The van der Waals surface area contributed by atoms with Crippen LogP contribution in [0.1, 0.15) is 22.7 Å². The Balaban J connectivity index is 0.00000289. The third-order valence-electron chi connectivity index (χ3n) is 4.42. The van der Waals surface area contributed by atoms with Crippen molar-refractivity contribution in [2.24, 2.45) is 0 Å². The Labute approximate surface area is 189 Å². The van der Waals surface area contributed by atoms with E-state index < -0.39 is 0 Å².